The summed E-state index contributed by atoms with van der Waals surface area (Å²) in [6.45, 7) is 0. The average molecular weight is 379 g/mol. The van der Waals surface area contributed by atoms with Crippen molar-refractivity contribution in [3.05, 3.63) is 58.4 Å². The van der Waals surface area contributed by atoms with Gasteiger partial charge < -0.3 is 16.4 Å². The van der Waals surface area contributed by atoms with Gasteiger partial charge in [-0.25, -0.2) is 4.98 Å². The van der Waals surface area contributed by atoms with Crippen LogP contribution < -0.4 is 16.4 Å². The summed E-state index contributed by atoms with van der Waals surface area (Å²) in [5.41, 5.74) is 8.40. The van der Waals surface area contributed by atoms with E-state index < -0.39 is 4.92 Å². The van der Waals surface area contributed by atoms with E-state index in [0.29, 0.717) is 28.9 Å². The zero-order chi connectivity index (χ0) is 19.5. The van der Waals surface area contributed by atoms with Crippen LogP contribution in [-0.4, -0.2) is 20.1 Å². The minimum Gasteiger partial charge on any atom is -0.399 e. The number of H-pyrrole nitrogens is 1. The lowest BCUT2D eigenvalue weighted by molar-refractivity contribution is -0.384. The number of aromatic amines is 1. The zero-order valence-electron chi connectivity index (χ0n) is 15.2. The molecule has 28 heavy (non-hydrogen) atoms. The van der Waals surface area contributed by atoms with Gasteiger partial charge in [0.1, 0.15) is 17.7 Å². The first-order valence-corrected chi connectivity index (χ1v) is 9.18. The number of benzene rings is 1. The van der Waals surface area contributed by atoms with Gasteiger partial charge in [0.25, 0.3) is 0 Å². The third-order valence-corrected chi connectivity index (χ3v) is 4.92. The van der Waals surface area contributed by atoms with E-state index in [1.807, 2.05) is 18.2 Å². The van der Waals surface area contributed by atoms with E-state index in [4.69, 9.17) is 5.73 Å². The Morgan fingerprint density at radius 3 is 2.57 bits per heavy atom. The van der Waals surface area contributed by atoms with E-state index in [0.717, 1.165) is 24.2 Å². The summed E-state index contributed by atoms with van der Waals surface area (Å²) >= 11 is 0. The van der Waals surface area contributed by atoms with E-state index in [9.17, 15) is 10.1 Å². The van der Waals surface area contributed by atoms with Crippen molar-refractivity contribution in [3.63, 3.8) is 0 Å². The van der Waals surface area contributed by atoms with Crippen molar-refractivity contribution in [2.75, 3.05) is 16.4 Å². The maximum absolute atomic E-state index is 11.4. The Labute approximate surface area is 161 Å². The summed E-state index contributed by atoms with van der Waals surface area (Å²) in [5, 5.41) is 24.9. The Hall–Kier alpha value is -3.62. The Bertz CT molecular complexity index is 978. The second-order valence-corrected chi connectivity index (χ2v) is 6.91. The maximum atomic E-state index is 11.4. The third-order valence-electron chi connectivity index (χ3n) is 4.92. The fraction of sp³-hybridized carbons (Fsp3) is 0.263. The highest BCUT2D eigenvalue weighted by Crippen LogP contribution is 2.35. The van der Waals surface area contributed by atoms with Crippen molar-refractivity contribution in [2.24, 2.45) is 0 Å². The van der Waals surface area contributed by atoms with Crippen LogP contribution in [0, 0.1) is 10.1 Å². The molecule has 1 aromatic carbocycles. The standard InChI is InChI=1S/C19H21N7O2/c20-13-5-7-14(8-6-13)22-18-10-16(17(11-21-18)26(27)28)23-19-9-15(24-25-19)12-3-1-2-4-12/h5-12H,1-4,20H2,(H3,21,22,23,24,25). The molecule has 0 unspecified atom stereocenters. The number of hydrogen-bond acceptors (Lipinski definition) is 7. The number of nitro groups is 1. The minimum absolute atomic E-state index is 0.117. The molecule has 0 saturated heterocycles. The Morgan fingerprint density at radius 1 is 1.11 bits per heavy atom. The first-order valence-electron chi connectivity index (χ1n) is 9.18. The van der Waals surface area contributed by atoms with Crippen LogP contribution in [0.1, 0.15) is 37.3 Å². The van der Waals surface area contributed by atoms with Crippen LogP contribution in [0.3, 0.4) is 0 Å². The topological polar surface area (TPSA) is 135 Å². The van der Waals surface area contributed by atoms with Gasteiger partial charge in [0.2, 0.25) is 0 Å². The molecule has 5 N–H and O–H groups in total. The summed E-state index contributed by atoms with van der Waals surface area (Å²) in [6.07, 6.45) is 5.97. The molecule has 9 heteroatoms. The molecular weight excluding hydrogens is 358 g/mol. The zero-order valence-corrected chi connectivity index (χ0v) is 15.2. The van der Waals surface area contributed by atoms with Crippen molar-refractivity contribution >= 4 is 34.4 Å². The van der Waals surface area contributed by atoms with Gasteiger partial charge in [0, 0.05) is 35.1 Å². The molecule has 144 valence electrons. The fourth-order valence-corrected chi connectivity index (χ4v) is 3.46. The summed E-state index contributed by atoms with van der Waals surface area (Å²) in [4.78, 5) is 15.1. The largest absolute Gasteiger partial charge is 0.399 e. The Balaban J connectivity index is 1.57. The Morgan fingerprint density at radius 2 is 1.86 bits per heavy atom. The lowest BCUT2D eigenvalue weighted by Crippen LogP contribution is -2.01. The highest BCUT2D eigenvalue weighted by atomic mass is 16.6. The van der Waals surface area contributed by atoms with E-state index in [-0.39, 0.29) is 5.69 Å². The fourth-order valence-electron chi connectivity index (χ4n) is 3.46. The molecule has 1 fully saturated rings. The monoisotopic (exact) mass is 379 g/mol. The average Bonchev–Trinajstić information content (AvgIpc) is 3.35. The van der Waals surface area contributed by atoms with E-state index in [1.165, 1.54) is 19.0 Å². The molecule has 1 saturated carbocycles. The highest BCUT2D eigenvalue weighted by Gasteiger charge is 2.21. The quantitative estimate of drug-likeness (QED) is 0.282. The lowest BCUT2D eigenvalue weighted by atomic mass is 10.0. The molecule has 1 aliphatic rings. The number of hydrogen-bond donors (Lipinski definition) is 4. The van der Waals surface area contributed by atoms with E-state index in [1.54, 1.807) is 18.2 Å². The summed E-state index contributed by atoms with van der Waals surface area (Å²) < 4.78 is 0. The predicted molar refractivity (Wildman–Crippen MR) is 108 cm³/mol. The van der Waals surface area contributed by atoms with Gasteiger partial charge in [0.15, 0.2) is 5.82 Å². The molecule has 3 aromatic rings. The van der Waals surface area contributed by atoms with Crippen molar-refractivity contribution in [2.45, 2.75) is 31.6 Å². The van der Waals surface area contributed by atoms with Gasteiger partial charge in [-0.1, -0.05) is 12.8 Å². The van der Waals surface area contributed by atoms with Crippen molar-refractivity contribution in [1.29, 1.82) is 0 Å². The van der Waals surface area contributed by atoms with Gasteiger partial charge in [-0.3, -0.25) is 15.2 Å². The second kappa shape index (κ2) is 7.55. The maximum Gasteiger partial charge on any atom is 0.310 e. The highest BCUT2D eigenvalue weighted by molar-refractivity contribution is 5.72. The van der Waals surface area contributed by atoms with Gasteiger partial charge in [-0.05, 0) is 37.1 Å². The van der Waals surface area contributed by atoms with E-state index in [2.05, 4.69) is 25.8 Å². The molecule has 9 nitrogen and oxygen atoms in total. The molecule has 2 heterocycles. The second-order valence-electron chi connectivity index (χ2n) is 6.91. The number of nitrogens with zero attached hydrogens (tertiary/aromatic N) is 3. The van der Waals surface area contributed by atoms with Crippen molar-refractivity contribution in [1.82, 2.24) is 15.2 Å². The number of nitrogens with two attached hydrogens (primary N) is 1. The van der Waals surface area contributed by atoms with Crippen molar-refractivity contribution < 1.29 is 4.92 Å². The first-order chi connectivity index (χ1) is 13.6. The number of anilines is 5. The molecular formula is C19H21N7O2. The molecule has 0 amide bonds. The van der Waals surface area contributed by atoms with Crippen molar-refractivity contribution in [3.8, 4) is 0 Å². The van der Waals surface area contributed by atoms with Crippen LogP contribution in [0.15, 0.2) is 42.6 Å². The summed E-state index contributed by atoms with van der Waals surface area (Å²) in [7, 11) is 0. The lowest BCUT2D eigenvalue weighted by Gasteiger charge is -2.09. The van der Waals surface area contributed by atoms with Gasteiger partial charge in [-0.2, -0.15) is 5.10 Å². The number of rotatable bonds is 6. The van der Waals surface area contributed by atoms with Crippen LogP contribution in [0.25, 0.3) is 0 Å². The van der Waals surface area contributed by atoms with Crippen LogP contribution in [0.4, 0.5) is 34.4 Å². The van der Waals surface area contributed by atoms with Crippen LogP contribution >= 0.6 is 0 Å². The number of nitrogens with one attached hydrogen (secondary N) is 3. The normalized spacial score (nSPS) is 14.1. The summed E-state index contributed by atoms with van der Waals surface area (Å²) in [6, 6.07) is 10.7. The smallest absolute Gasteiger partial charge is 0.310 e. The predicted octanol–water partition coefficient (Wildman–Crippen LogP) is 4.44. The molecule has 0 spiro atoms. The first kappa shape index (κ1) is 17.8. The van der Waals surface area contributed by atoms with E-state index >= 15 is 0 Å². The number of nitrogen functional groups attached to an aromatic ring is 1. The van der Waals surface area contributed by atoms with Gasteiger partial charge in [-0.15, -0.1) is 0 Å². The Kier molecular flexibility index (Phi) is 4.79. The molecule has 1 aliphatic carbocycles. The van der Waals surface area contributed by atoms with Crippen LogP contribution in [-0.2, 0) is 0 Å². The van der Waals surface area contributed by atoms with Crippen LogP contribution in [0.2, 0.25) is 0 Å². The minimum atomic E-state index is -0.465. The molecule has 0 atom stereocenters. The molecule has 4 rings (SSSR count). The number of pyridine rings is 1. The molecule has 0 bridgehead atoms. The molecule has 2 aromatic heterocycles. The SMILES string of the molecule is Nc1ccc(Nc2cc(Nc3cc(C4CCCC4)[nH]n3)c([N+](=O)[O-])cn2)cc1. The molecule has 0 aliphatic heterocycles. The summed E-state index contributed by atoms with van der Waals surface area (Å²) in [5.74, 6) is 1.51. The van der Waals surface area contributed by atoms with Gasteiger partial charge in [0.05, 0.1) is 4.92 Å². The molecule has 0 radical (unpaired) electrons. The third kappa shape index (κ3) is 3.88. The van der Waals surface area contributed by atoms with Gasteiger partial charge >= 0.3 is 5.69 Å². The van der Waals surface area contributed by atoms with Crippen LogP contribution in [0.5, 0.6) is 0 Å². The number of aromatic nitrogens is 3.